The summed E-state index contributed by atoms with van der Waals surface area (Å²) in [6.45, 7) is 1.95. The Kier molecular flexibility index (Phi) is 1.90. The molecule has 0 bridgehead atoms. The largest absolute Gasteiger partial charge is 0.302 e. The third-order valence-corrected chi connectivity index (χ3v) is 5.88. The lowest BCUT2D eigenvalue weighted by Crippen LogP contribution is -2.31. The van der Waals surface area contributed by atoms with Gasteiger partial charge in [-0.3, -0.25) is 0 Å². The summed E-state index contributed by atoms with van der Waals surface area (Å²) in [6, 6.07) is 19.8. The minimum absolute atomic E-state index is 0.967. The molecule has 0 radical (unpaired) electrons. The van der Waals surface area contributed by atoms with Gasteiger partial charge in [0.1, 0.15) is 29.0 Å². The molecular formula is C22H15N3+2. The van der Waals surface area contributed by atoms with Gasteiger partial charge in [-0.2, -0.15) is 8.97 Å². The van der Waals surface area contributed by atoms with E-state index in [2.05, 4.69) is 80.5 Å². The van der Waals surface area contributed by atoms with Gasteiger partial charge in [-0.05, 0) is 6.07 Å². The van der Waals surface area contributed by atoms with Gasteiger partial charge in [0, 0.05) is 22.8 Å². The van der Waals surface area contributed by atoms with E-state index in [9.17, 15) is 0 Å². The van der Waals surface area contributed by atoms with Crippen molar-refractivity contribution < 1.29 is 9.13 Å². The van der Waals surface area contributed by atoms with E-state index in [4.69, 9.17) is 0 Å². The monoisotopic (exact) mass is 321 g/mol. The summed E-state index contributed by atoms with van der Waals surface area (Å²) in [7, 11) is 0. The molecule has 5 aromatic rings. The first-order chi connectivity index (χ1) is 12.4. The van der Waals surface area contributed by atoms with E-state index in [1.807, 2.05) is 0 Å². The Bertz CT molecular complexity index is 1380. The highest BCUT2D eigenvalue weighted by Crippen LogP contribution is 2.38. The molecule has 0 fully saturated rings. The number of rotatable bonds is 1. The second-order valence-electron chi connectivity index (χ2n) is 7.17. The molecule has 3 aromatic heterocycles. The Labute approximate surface area is 144 Å². The molecule has 0 atom stereocenters. The van der Waals surface area contributed by atoms with Crippen LogP contribution >= 0.6 is 0 Å². The van der Waals surface area contributed by atoms with Gasteiger partial charge >= 0.3 is 5.65 Å². The third kappa shape index (κ3) is 1.28. The summed E-state index contributed by atoms with van der Waals surface area (Å²) in [5, 5.41) is 2.86. The molecule has 2 aromatic carbocycles. The van der Waals surface area contributed by atoms with Gasteiger partial charge in [0.05, 0.1) is 0 Å². The van der Waals surface area contributed by atoms with E-state index in [1.54, 1.807) is 0 Å². The van der Waals surface area contributed by atoms with Gasteiger partial charge in [-0.25, -0.2) is 4.57 Å². The van der Waals surface area contributed by atoms with Gasteiger partial charge in [0.2, 0.25) is 5.52 Å². The number of aromatic nitrogens is 3. The summed E-state index contributed by atoms with van der Waals surface area (Å²) in [5.74, 6) is 0. The maximum Gasteiger partial charge on any atom is 0.302 e. The summed E-state index contributed by atoms with van der Waals surface area (Å²) in [6.07, 6.45) is 4.58. The van der Waals surface area contributed by atoms with Gasteiger partial charge < -0.3 is 0 Å². The summed E-state index contributed by atoms with van der Waals surface area (Å²) < 4.78 is 7.31. The average molecular weight is 321 g/mol. The molecule has 3 nitrogen and oxygen atoms in total. The molecule has 2 aliphatic heterocycles. The fraction of sp³-hybridized carbons (Fsp3) is 0.0909. The molecule has 0 saturated carbocycles. The zero-order valence-corrected chi connectivity index (χ0v) is 13.6. The molecule has 0 N–H and O–H groups in total. The van der Waals surface area contributed by atoms with Gasteiger partial charge in [-0.15, -0.1) is 0 Å². The van der Waals surface area contributed by atoms with Crippen LogP contribution in [0.15, 0.2) is 67.0 Å². The Balaban J connectivity index is 1.83. The molecule has 3 heteroatoms. The SMILES string of the molecule is c1ccc(-c2c[n+]3c4c5c(cc[n+]6c5c5c(cccc5n24)C6)C3)cc1. The molecule has 0 unspecified atom stereocenters. The van der Waals surface area contributed by atoms with Crippen LogP contribution in [0.1, 0.15) is 11.1 Å². The van der Waals surface area contributed by atoms with Crippen LogP contribution in [-0.4, -0.2) is 4.40 Å². The van der Waals surface area contributed by atoms with Crippen molar-refractivity contribution in [1.82, 2.24) is 4.40 Å². The average Bonchev–Trinajstić information content (AvgIpc) is 3.31. The van der Waals surface area contributed by atoms with Crippen LogP contribution in [0.25, 0.3) is 38.7 Å². The van der Waals surface area contributed by atoms with Crippen LogP contribution in [-0.2, 0) is 13.1 Å². The fourth-order valence-corrected chi connectivity index (χ4v) is 4.90. The highest BCUT2D eigenvalue weighted by atomic mass is 15.1. The van der Waals surface area contributed by atoms with Crippen molar-refractivity contribution in [2.75, 3.05) is 0 Å². The number of hydrogen-bond acceptors (Lipinski definition) is 0. The number of hydrogen-bond donors (Lipinski definition) is 0. The van der Waals surface area contributed by atoms with E-state index in [1.165, 1.54) is 49.8 Å². The molecule has 0 aliphatic carbocycles. The first-order valence-corrected chi connectivity index (χ1v) is 8.79. The molecule has 5 heterocycles. The van der Waals surface area contributed by atoms with Crippen LogP contribution in [0.3, 0.4) is 0 Å². The molecule has 0 spiro atoms. The Morgan fingerprint density at radius 1 is 0.760 bits per heavy atom. The van der Waals surface area contributed by atoms with Gasteiger partial charge in [0.15, 0.2) is 18.4 Å². The Morgan fingerprint density at radius 2 is 1.60 bits per heavy atom. The highest BCUT2D eigenvalue weighted by Gasteiger charge is 2.38. The van der Waals surface area contributed by atoms with Crippen molar-refractivity contribution in [3.05, 3.63) is 78.1 Å². The van der Waals surface area contributed by atoms with Crippen molar-refractivity contribution in [2.45, 2.75) is 13.1 Å². The predicted molar refractivity (Wildman–Crippen MR) is 96.4 cm³/mol. The molecule has 25 heavy (non-hydrogen) atoms. The smallest absolute Gasteiger partial charge is 0.224 e. The number of imidazole rings is 1. The van der Waals surface area contributed by atoms with Crippen molar-refractivity contribution in [2.24, 2.45) is 0 Å². The number of benzene rings is 2. The Morgan fingerprint density at radius 3 is 2.52 bits per heavy atom. The zero-order valence-electron chi connectivity index (χ0n) is 13.6. The highest BCUT2D eigenvalue weighted by molar-refractivity contribution is 6.11. The number of nitrogens with zero attached hydrogens (tertiary/aromatic N) is 3. The molecule has 2 aliphatic rings. The van der Waals surface area contributed by atoms with Crippen LogP contribution in [0, 0.1) is 0 Å². The summed E-state index contributed by atoms with van der Waals surface area (Å²) in [4.78, 5) is 0. The molecule has 116 valence electrons. The van der Waals surface area contributed by atoms with Crippen LogP contribution in [0.2, 0.25) is 0 Å². The molecule has 7 rings (SSSR count). The molecule has 0 amide bonds. The van der Waals surface area contributed by atoms with Crippen molar-refractivity contribution in [3.63, 3.8) is 0 Å². The standard InChI is InChI=1S/C22H15N3/c1-2-5-14(6-3-1)18-13-24-12-16-9-10-23-11-15-7-4-8-17-19(15)21(23)20(16)22(24)25(17)18/h1-10,13H,11-12H2/q+2. The first kappa shape index (κ1) is 12.2. The van der Waals surface area contributed by atoms with Crippen LogP contribution in [0.5, 0.6) is 0 Å². The van der Waals surface area contributed by atoms with Crippen molar-refractivity contribution in [1.29, 1.82) is 0 Å². The maximum absolute atomic E-state index is 2.47. The van der Waals surface area contributed by atoms with E-state index in [-0.39, 0.29) is 0 Å². The number of pyridine rings is 2. The normalized spacial score (nSPS) is 14.1. The second kappa shape index (κ2) is 3.89. The van der Waals surface area contributed by atoms with Crippen LogP contribution in [0.4, 0.5) is 0 Å². The lowest BCUT2D eigenvalue weighted by atomic mass is 10.1. The quantitative estimate of drug-likeness (QED) is 0.325. The van der Waals surface area contributed by atoms with E-state index in [0.717, 1.165) is 13.1 Å². The van der Waals surface area contributed by atoms with E-state index >= 15 is 0 Å². The minimum Gasteiger partial charge on any atom is -0.224 e. The Hall–Kier alpha value is -3.20. The second-order valence-corrected chi connectivity index (χ2v) is 7.17. The van der Waals surface area contributed by atoms with Gasteiger partial charge in [0.25, 0.3) is 0 Å². The summed E-state index contributed by atoms with van der Waals surface area (Å²) in [5.41, 5.74) is 9.50. The van der Waals surface area contributed by atoms with E-state index in [0.29, 0.717) is 0 Å². The minimum atomic E-state index is 0.967. The van der Waals surface area contributed by atoms with E-state index < -0.39 is 0 Å². The van der Waals surface area contributed by atoms with Crippen LogP contribution < -0.4 is 9.13 Å². The number of fused-ring (bicyclic) bond motifs is 1. The molecule has 0 saturated heterocycles. The van der Waals surface area contributed by atoms with Gasteiger partial charge in [-0.1, -0.05) is 42.5 Å². The third-order valence-electron chi connectivity index (χ3n) is 5.88. The molecular weight excluding hydrogens is 306 g/mol. The lowest BCUT2D eigenvalue weighted by Gasteiger charge is -2.01. The van der Waals surface area contributed by atoms with Crippen molar-refractivity contribution >= 4 is 27.5 Å². The zero-order chi connectivity index (χ0) is 16.1. The lowest BCUT2D eigenvalue weighted by molar-refractivity contribution is -0.658. The maximum atomic E-state index is 2.47. The fourth-order valence-electron chi connectivity index (χ4n) is 4.90. The first-order valence-electron chi connectivity index (χ1n) is 8.79. The topological polar surface area (TPSA) is 12.2 Å². The van der Waals surface area contributed by atoms with Crippen molar-refractivity contribution in [3.8, 4) is 11.3 Å². The predicted octanol–water partition coefficient (Wildman–Crippen LogP) is 3.21. The summed E-state index contributed by atoms with van der Waals surface area (Å²) >= 11 is 0.